The second-order valence-electron chi connectivity index (χ2n) is 4.89. The molecule has 0 spiro atoms. The minimum Gasteiger partial charge on any atom is -0.497 e. The summed E-state index contributed by atoms with van der Waals surface area (Å²) in [7, 11) is 1.63. The molecule has 0 bridgehead atoms. The van der Waals surface area contributed by atoms with Crippen molar-refractivity contribution < 1.29 is 9.53 Å². The van der Waals surface area contributed by atoms with Crippen LogP contribution in [0.5, 0.6) is 5.75 Å². The number of carbonyl (C=O) groups is 1. The van der Waals surface area contributed by atoms with E-state index in [-0.39, 0.29) is 11.9 Å². The minimum atomic E-state index is -0.140. The van der Waals surface area contributed by atoms with E-state index < -0.39 is 0 Å². The topological polar surface area (TPSA) is 38.3 Å². The Morgan fingerprint density at radius 1 is 1.14 bits per heavy atom. The van der Waals surface area contributed by atoms with Gasteiger partial charge in [0.1, 0.15) is 5.75 Å². The third kappa shape index (κ3) is 4.64. The minimum absolute atomic E-state index is 0.0757. The van der Waals surface area contributed by atoms with E-state index in [4.69, 9.17) is 16.3 Å². The first-order valence-corrected chi connectivity index (χ1v) is 7.34. The number of amides is 1. The molecule has 0 unspecified atom stereocenters. The summed E-state index contributed by atoms with van der Waals surface area (Å²) in [5, 5.41) is 3.60. The van der Waals surface area contributed by atoms with Gasteiger partial charge in [-0.25, -0.2) is 0 Å². The SMILES string of the molecule is COc1ccc([C@H](C)NC(=O)/C=C/c2ccc(Cl)cc2)cc1. The fourth-order valence-electron chi connectivity index (χ4n) is 1.98. The van der Waals surface area contributed by atoms with Gasteiger partial charge in [-0.1, -0.05) is 35.9 Å². The molecular weight excluding hydrogens is 298 g/mol. The first-order valence-electron chi connectivity index (χ1n) is 6.96. The Morgan fingerprint density at radius 3 is 2.36 bits per heavy atom. The highest BCUT2D eigenvalue weighted by molar-refractivity contribution is 6.30. The molecule has 0 aliphatic heterocycles. The highest BCUT2D eigenvalue weighted by Gasteiger charge is 2.07. The van der Waals surface area contributed by atoms with Gasteiger partial charge in [0.2, 0.25) is 5.91 Å². The molecule has 2 aromatic carbocycles. The van der Waals surface area contributed by atoms with Crippen LogP contribution >= 0.6 is 11.6 Å². The number of halogens is 1. The fourth-order valence-corrected chi connectivity index (χ4v) is 2.11. The third-order valence-corrected chi connectivity index (χ3v) is 3.52. The largest absolute Gasteiger partial charge is 0.497 e. The van der Waals surface area contributed by atoms with Crippen molar-refractivity contribution in [3.05, 3.63) is 70.8 Å². The first-order chi connectivity index (χ1) is 10.6. The van der Waals surface area contributed by atoms with Crippen LogP contribution in [0.15, 0.2) is 54.6 Å². The second kappa shape index (κ2) is 7.66. The summed E-state index contributed by atoms with van der Waals surface area (Å²) in [6.45, 7) is 1.94. The van der Waals surface area contributed by atoms with Crippen molar-refractivity contribution in [3.63, 3.8) is 0 Å². The van der Waals surface area contributed by atoms with E-state index in [2.05, 4.69) is 5.32 Å². The Morgan fingerprint density at radius 2 is 1.77 bits per heavy atom. The molecule has 0 heterocycles. The summed E-state index contributed by atoms with van der Waals surface area (Å²) in [6, 6.07) is 14.9. The molecule has 2 rings (SSSR count). The molecule has 0 aromatic heterocycles. The van der Waals surface area contributed by atoms with Crippen molar-refractivity contribution in [2.75, 3.05) is 7.11 Å². The summed E-state index contributed by atoms with van der Waals surface area (Å²) < 4.78 is 5.12. The Hall–Kier alpha value is -2.26. The molecule has 0 aliphatic rings. The van der Waals surface area contributed by atoms with Crippen molar-refractivity contribution in [2.45, 2.75) is 13.0 Å². The van der Waals surface area contributed by atoms with Crippen LogP contribution in [0.2, 0.25) is 5.02 Å². The summed E-state index contributed by atoms with van der Waals surface area (Å²) in [6.07, 6.45) is 3.27. The molecule has 1 N–H and O–H groups in total. The predicted octanol–water partition coefficient (Wildman–Crippen LogP) is 4.24. The van der Waals surface area contributed by atoms with E-state index in [0.717, 1.165) is 16.9 Å². The van der Waals surface area contributed by atoms with E-state index in [0.29, 0.717) is 5.02 Å². The Balaban J connectivity index is 1.94. The van der Waals surface area contributed by atoms with Crippen LogP contribution < -0.4 is 10.1 Å². The van der Waals surface area contributed by atoms with Gasteiger partial charge in [-0.05, 0) is 48.4 Å². The van der Waals surface area contributed by atoms with Crippen molar-refractivity contribution in [1.29, 1.82) is 0 Å². The number of hydrogen-bond donors (Lipinski definition) is 1. The zero-order valence-corrected chi connectivity index (χ0v) is 13.3. The average molecular weight is 316 g/mol. The Bertz CT molecular complexity index is 648. The number of rotatable bonds is 5. The lowest BCUT2D eigenvalue weighted by atomic mass is 10.1. The molecule has 0 fully saturated rings. The second-order valence-corrected chi connectivity index (χ2v) is 5.32. The maximum Gasteiger partial charge on any atom is 0.244 e. The average Bonchev–Trinajstić information content (AvgIpc) is 2.54. The highest BCUT2D eigenvalue weighted by atomic mass is 35.5. The smallest absolute Gasteiger partial charge is 0.244 e. The number of hydrogen-bond acceptors (Lipinski definition) is 2. The lowest BCUT2D eigenvalue weighted by Gasteiger charge is -2.13. The monoisotopic (exact) mass is 315 g/mol. The molecule has 0 radical (unpaired) electrons. The van der Waals surface area contributed by atoms with Crippen molar-refractivity contribution in [3.8, 4) is 5.75 Å². The number of carbonyl (C=O) groups excluding carboxylic acids is 1. The van der Waals surface area contributed by atoms with Crippen LogP contribution in [0.1, 0.15) is 24.1 Å². The molecule has 3 nitrogen and oxygen atoms in total. The quantitative estimate of drug-likeness (QED) is 0.838. The van der Waals surface area contributed by atoms with E-state index in [1.165, 1.54) is 6.08 Å². The lowest BCUT2D eigenvalue weighted by Crippen LogP contribution is -2.24. The van der Waals surface area contributed by atoms with Crippen LogP contribution in [0.25, 0.3) is 6.08 Å². The van der Waals surface area contributed by atoms with E-state index >= 15 is 0 Å². The molecule has 0 aliphatic carbocycles. The summed E-state index contributed by atoms with van der Waals surface area (Å²) >= 11 is 5.82. The predicted molar refractivity (Wildman–Crippen MR) is 90.0 cm³/mol. The van der Waals surface area contributed by atoms with Crippen LogP contribution in [-0.4, -0.2) is 13.0 Å². The Kier molecular flexibility index (Phi) is 5.61. The number of ether oxygens (including phenoxy) is 1. The van der Waals surface area contributed by atoms with E-state index in [1.54, 1.807) is 25.3 Å². The van der Waals surface area contributed by atoms with Gasteiger partial charge in [-0.3, -0.25) is 4.79 Å². The van der Waals surface area contributed by atoms with Crippen LogP contribution in [-0.2, 0) is 4.79 Å². The lowest BCUT2D eigenvalue weighted by molar-refractivity contribution is -0.117. The van der Waals surface area contributed by atoms with E-state index in [9.17, 15) is 4.79 Å². The molecule has 1 amide bonds. The normalized spacial score (nSPS) is 12.1. The fraction of sp³-hybridized carbons (Fsp3) is 0.167. The molecule has 114 valence electrons. The van der Waals surface area contributed by atoms with Gasteiger partial charge in [-0.15, -0.1) is 0 Å². The molecular formula is C18H18ClNO2. The molecule has 22 heavy (non-hydrogen) atoms. The molecule has 4 heteroatoms. The first kappa shape index (κ1) is 16.1. The van der Waals surface area contributed by atoms with Gasteiger partial charge in [0.05, 0.1) is 13.2 Å². The van der Waals surface area contributed by atoms with Crippen LogP contribution in [0, 0.1) is 0 Å². The van der Waals surface area contributed by atoms with E-state index in [1.807, 2.05) is 43.3 Å². The van der Waals surface area contributed by atoms with Gasteiger partial charge in [-0.2, -0.15) is 0 Å². The summed E-state index contributed by atoms with van der Waals surface area (Å²) in [5.74, 6) is 0.656. The Labute approximate surface area is 135 Å². The zero-order chi connectivity index (χ0) is 15.9. The summed E-state index contributed by atoms with van der Waals surface area (Å²) in [4.78, 5) is 11.9. The molecule has 2 aromatic rings. The van der Waals surface area contributed by atoms with Crippen molar-refractivity contribution in [1.82, 2.24) is 5.32 Å². The summed E-state index contributed by atoms with van der Waals surface area (Å²) in [5.41, 5.74) is 1.95. The van der Waals surface area contributed by atoms with Crippen molar-refractivity contribution in [2.24, 2.45) is 0 Å². The maximum atomic E-state index is 11.9. The van der Waals surface area contributed by atoms with Crippen molar-refractivity contribution >= 4 is 23.6 Å². The number of benzene rings is 2. The molecule has 0 saturated heterocycles. The van der Waals surface area contributed by atoms with Gasteiger partial charge < -0.3 is 10.1 Å². The van der Waals surface area contributed by atoms with Gasteiger partial charge in [0.25, 0.3) is 0 Å². The maximum absolute atomic E-state index is 11.9. The van der Waals surface area contributed by atoms with Gasteiger partial charge >= 0.3 is 0 Å². The molecule has 0 saturated carbocycles. The highest BCUT2D eigenvalue weighted by Crippen LogP contribution is 2.17. The van der Waals surface area contributed by atoms with Crippen LogP contribution in [0.3, 0.4) is 0 Å². The third-order valence-electron chi connectivity index (χ3n) is 3.27. The zero-order valence-electron chi connectivity index (χ0n) is 12.5. The number of nitrogens with one attached hydrogen (secondary N) is 1. The van der Waals surface area contributed by atoms with Crippen LogP contribution in [0.4, 0.5) is 0 Å². The van der Waals surface area contributed by atoms with Gasteiger partial charge in [0.15, 0.2) is 0 Å². The van der Waals surface area contributed by atoms with Gasteiger partial charge in [0, 0.05) is 11.1 Å². The number of methoxy groups -OCH3 is 1. The standard InChI is InChI=1S/C18H18ClNO2/c1-13(15-6-10-17(22-2)11-7-15)20-18(21)12-5-14-3-8-16(19)9-4-14/h3-13H,1-2H3,(H,20,21)/b12-5+/t13-/m0/s1. The molecule has 1 atom stereocenters.